The molecule has 1 N–H and O–H groups in total. The molecule has 0 unspecified atom stereocenters. The summed E-state index contributed by atoms with van der Waals surface area (Å²) >= 11 is 6.10. The molecule has 5 nitrogen and oxygen atoms in total. The van der Waals surface area contributed by atoms with E-state index in [0.717, 1.165) is 11.1 Å². The van der Waals surface area contributed by atoms with Crippen molar-refractivity contribution in [3.05, 3.63) is 64.7 Å². The Morgan fingerprint density at radius 1 is 1.23 bits per heavy atom. The topological polar surface area (TPSA) is 59.9 Å². The van der Waals surface area contributed by atoms with Crippen LogP contribution in [0.15, 0.2) is 53.6 Å². The number of carbonyl (C=O) groups is 1. The van der Waals surface area contributed by atoms with Gasteiger partial charge in [-0.05, 0) is 18.2 Å². The van der Waals surface area contributed by atoms with Crippen LogP contribution in [0, 0.1) is 0 Å². The highest BCUT2D eigenvalue weighted by atomic mass is 35.5. The summed E-state index contributed by atoms with van der Waals surface area (Å²) in [6, 6.07) is 14.8. The van der Waals surface area contributed by atoms with Gasteiger partial charge in [-0.2, -0.15) is 5.10 Å². The van der Waals surface area contributed by atoms with Crippen LogP contribution in [0.5, 0.6) is 5.75 Å². The smallest absolute Gasteiger partial charge is 0.427 e. The molecule has 114 valence electrons. The molecule has 2 rings (SSSR count). The molecule has 0 aromatic heterocycles. The van der Waals surface area contributed by atoms with E-state index < -0.39 is 6.09 Å². The van der Waals surface area contributed by atoms with E-state index in [0.29, 0.717) is 17.4 Å². The average Bonchev–Trinajstić information content (AvgIpc) is 2.55. The predicted octanol–water partition coefficient (Wildman–Crippen LogP) is 3.61. The molecule has 0 radical (unpaired) electrons. The average molecular weight is 319 g/mol. The van der Waals surface area contributed by atoms with Gasteiger partial charge in [0, 0.05) is 16.1 Å². The first-order valence-electron chi connectivity index (χ1n) is 6.53. The molecule has 0 heterocycles. The van der Waals surface area contributed by atoms with Gasteiger partial charge in [-0.15, -0.1) is 0 Å². The van der Waals surface area contributed by atoms with Gasteiger partial charge in [-0.3, -0.25) is 0 Å². The number of amides is 1. The van der Waals surface area contributed by atoms with Crippen LogP contribution in [0.4, 0.5) is 4.79 Å². The first kappa shape index (κ1) is 15.9. The van der Waals surface area contributed by atoms with Crippen molar-refractivity contribution < 1.29 is 14.3 Å². The maximum Gasteiger partial charge on any atom is 0.427 e. The predicted molar refractivity (Wildman–Crippen MR) is 85.4 cm³/mol. The summed E-state index contributed by atoms with van der Waals surface area (Å²) in [6.45, 7) is 0.342. The minimum atomic E-state index is -0.634. The number of para-hydroxylation sites is 1. The lowest BCUT2D eigenvalue weighted by molar-refractivity contribution is 0.171. The number of ether oxygens (including phenoxy) is 2. The summed E-state index contributed by atoms with van der Waals surface area (Å²) in [6.07, 6.45) is 0.851. The molecule has 0 saturated heterocycles. The quantitative estimate of drug-likeness (QED) is 0.676. The number of carbonyl (C=O) groups excluding carboxylic acids is 1. The second-order valence-electron chi connectivity index (χ2n) is 4.28. The maximum absolute atomic E-state index is 10.9. The van der Waals surface area contributed by atoms with E-state index in [-0.39, 0.29) is 0 Å². The molecule has 0 aliphatic heterocycles. The van der Waals surface area contributed by atoms with Gasteiger partial charge in [-0.1, -0.05) is 41.9 Å². The van der Waals surface area contributed by atoms with Crippen molar-refractivity contribution in [1.82, 2.24) is 5.43 Å². The van der Waals surface area contributed by atoms with Crippen LogP contribution < -0.4 is 10.2 Å². The lowest BCUT2D eigenvalue weighted by atomic mass is 10.2. The normalized spacial score (nSPS) is 10.5. The van der Waals surface area contributed by atoms with Crippen LogP contribution in [0.1, 0.15) is 11.1 Å². The zero-order valence-electron chi connectivity index (χ0n) is 12.0. The standard InChI is InChI=1S/C16H15ClN2O3/c1-21-16(20)19-18-10-12-6-3-5-9-15(12)22-11-13-7-2-4-8-14(13)17/h2-10H,11H2,1H3,(H,19,20)/b18-10-. The van der Waals surface area contributed by atoms with Crippen LogP contribution >= 0.6 is 11.6 Å². The Kier molecular flexibility index (Phi) is 5.80. The largest absolute Gasteiger partial charge is 0.488 e. The van der Waals surface area contributed by atoms with Gasteiger partial charge in [-0.25, -0.2) is 10.2 Å². The van der Waals surface area contributed by atoms with E-state index in [1.165, 1.54) is 13.3 Å². The van der Waals surface area contributed by atoms with Gasteiger partial charge in [0.05, 0.1) is 13.3 Å². The lowest BCUT2D eigenvalue weighted by Gasteiger charge is -2.10. The van der Waals surface area contributed by atoms with Crippen molar-refractivity contribution in [3.63, 3.8) is 0 Å². The molecule has 2 aromatic rings. The van der Waals surface area contributed by atoms with E-state index in [4.69, 9.17) is 16.3 Å². The van der Waals surface area contributed by atoms with E-state index >= 15 is 0 Å². The number of hydrazone groups is 1. The summed E-state index contributed by atoms with van der Waals surface area (Å²) in [5.74, 6) is 0.637. The van der Waals surface area contributed by atoms with Crippen LogP contribution in [0.2, 0.25) is 5.02 Å². The highest BCUT2D eigenvalue weighted by molar-refractivity contribution is 6.31. The number of nitrogens with zero attached hydrogens (tertiary/aromatic N) is 1. The van der Waals surface area contributed by atoms with E-state index in [9.17, 15) is 4.79 Å². The molecule has 1 amide bonds. The third-order valence-corrected chi connectivity index (χ3v) is 3.17. The first-order chi connectivity index (χ1) is 10.7. The number of halogens is 1. The Morgan fingerprint density at radius 2 is 1.95 bits per heavy atom. The second kappa shape index (κ2) is 8.05. The summed E-state index contributed by atoms with van der Waals surface area (Å²) in [4.78, 5) is 10.9. The van der Waals surface area contributed by atoms with E-state index in [1.54, 1.807) is 0 Å². The molecule has 0 spiro atoms. The maximum atomic E-state index is 10.9. The highest BCUT2D eigenvalue weighted by Gasteiger charge is 2.04. The number of methoxy groups -OCH3 is 1. The van der Waals surface area contributed by atoms with Gasteiger partial charge < -0.3 is 9.47 Å². The Labute approximate surface area is 133 Å². The number of nitrogens with one attached hydrogen (secondary N) is 1. The SMILES string of the molecule is COC(=O)N/N=C\c1ccccc1OCc1ccccc1Cl. The molecule has 0 atom stereocenters. The van der Waals surface area contributed by atoms with E-state index in [2.05, 4.69) is 15.3 Å². The first-order valence-corrected chi connectivity index (χ1v) is 6.90. The van der Waals surface area contributed by atoms with Gasteiger partial charge in [0.25, 0.3) is 0 Å². The lowest BCUT2D eigenvalue weighted by Crippen LogP contribution is -2.16. The molecule has 0 bridgehead atoms. The van der Waals surface area contributed by atoms with Crippen molar-refractivity contribution >= 4 is 23.9 Å². The van der Waals surface area contributed by atoms with E-state index in [1.807, 2.05) is 48.5 Å². The van der Waals surface area contributed by atoms with Crippen LogP contribution in [0.25, 0.3) is 0 Å². The fourth-order valence-corrected chi connectivity index (χ4v) is 1.88. The van der Waals surface area contributed by atoms with Gasteiger partial charge in [0.15, 0.2) is 0 Å². The molecule has 6 heteroatoms. The molecule has 0 aliphatic carbocycles. The van der Waals surface area contributed by atoms with Crippen molar-refractivity contribution in [2.24, 2.45) is 5.10 Å². The number of hydrogen-bond acceptors (Lipinski definition) is 4. The third-order valence-electron chi connectivity index (χ3n) is 2.80. The van der Waals surface area contributed by atoms with Gasteiger partial charge >= 0.3 is 6.09 Å². The van der Waals surface area contributed by atoms with Crippen molar-refractivity contribution in [2.75, 3.05) is 7.11 Å². The van der Waals surface area contributed by atoms with Crippen molar-refractivity contribution in [1.29, 1.82) is 0 Å². The van der Waals surface area contributed by atoms with Crippen LogP contribution in [-0.4, -0.2) is 19.4 Å². The van der Waals surface area contributed by atoms with Crippen LogP contribution in [0.3, 0.4) is 0 Å². The Balaban J connectivity index is 2.05. The molecule has 0 aliphatic rings. The number of rotatable bonds is 5. The summed E-state index contributed by atoms with van der Waals surface area (Å²) in [7, 11) is 1.27. The Bertz CT molecular complexity index is 674. The molecule has 0 saturated carbocycles. The highest BCUT2D eigenvalue weighted by Crippen LogP contribution is 2.20. The number of hydrogen-bond donors (Lipinski definition) is 1. The minimum Gasteiger partial charge on any atom is -0.488 e. The third kappa shape index (κ3) is 4.49. The fraction of sp³-hybridized carbons (Fsp3) is 0.125. The summed E-state index contributed by atoms with van der Waals surface area (Å²) < 4.78 is 10.2. The zero-order valence-corrected chi connectivity index (χ0v) is 12.7. The van der Waals surface area contributed by atoms with Crippen LogP contribution in [-0.2, 0) is 11.3 Å². The molecule has 22 heavy (non-hydrogen) atoms. The fourth-order valence-electron chi connectivity index (χ4n) is 1.69. The second-order valence-corrected chi connectivity index (χ2v) is 4.69. The Morgan fingerprint density at radius 3 is 2.73 bits per heavy atom. The monoisotopic (exact) mass is 318 g/mol. The minimum absolute atomic E-state index is 0.342. The molecule has 2 aromatic carbocycles. The molecular formula is C16H15ClN2O3. The Hall–Kier alpha value is -2.53. The van der Waals surface area contributed by atoms with Gasteiger partial charge in [0.1, 0.15) is 12.4 Å². The zero-order chi connectivity index (χ0) is 15.8. The summed E-state index contributed by atoms with van der Waals surface area (Å²) in [5, 5.41) is 4.44. The van der Waals surface area contributed by atoms with Crippen molar-refractivity contribution in [2.45, 2.75) is 6.61 Å². The van der Waals surface area contributed by atoms with Gasteiger partial charge in [0.2, 0.25) is 0 Å². The number of benzene rings is 2. The molecule has 0 fully saturated rings. The van der Waals surface area contributed by atoms with Crippen molar-refractivity contribution in [3.8, 4) is 5.75 Å². The molecular weight excluding hydrogens is 304 g/mol. The summed E-state index contributed by atoms with van der Waals surface area (Å²) in [5.41, 5.74) is 3.84.